The maximum absolute atomic E-state index is 9.34. The molecule has 0 N–H and O–H groups in total. The standard InChI is InChI=1S/C15H10N6/c16-6-11-5-10-3-1-2-4-12(10)20-15(11)21-9-19-13(7-17)14(21)8-18/h5,9H,1-4H2. The van der Waals surface area contributed by atoms with Crippen molar-refractivity contribution in [1.82, 2.24) is 14.5 Å². The smallest absolute Gasteiger partial charge is 0.177 e. The highest BCUT2D eigenvalue weighted by molar-refractivity contribution is 5.51. The average Bonchev–Trinajstić information content (AvgIpc) is 2.96. The lowest BCUT2D eigenvalue weighted by Gasteiger charge is -2.17. The van der Waals surface area contributed by atoms with Crippen molar-refractivity contribution in [1.29, 1.82) is 15.8 Å². The van der Waals surface area contributed by atoms with Crippen LogP contribution in [-0.4, -0.2) is 14.5 Å². The summed E-state index contributed by atoms with van der Waals surface area (Å²) in [7, 11) is 0. The monoisotopic (exact) mass is 274 g/mol. The number of nitrogens with zero attached hydrogens (tertiary/aromatic N) is 6. The van der Waals surface area contributed by atoms with Gasteiger partial charge in [-0.1, -0.05) is 0 Å². The molecule has 0 fully saturated rings. The molecule has 0 atom stereocenters. The van der Waals surface area contributed by atoms with Crippen LogP contribution in [0.5, 0.6) is 0 Å². The average molecular weight is 274 g/mol. The first-order valence-electron chi connectivity index (χ1n) is 6.59. The second-order valence-electron chi connectivity index (χ2n) is 4.82. The third kappa shape index (κ3) is 2.02. The molecule has 100 valence electrons. The summed E-state index contributed by atoms with van der Waals surface area (Å²) in [4.78, 5) is 8.45. The summed E-state index contributed by atoms with van der Waals surface area (Å²) in [5.41, 5.74) is 2.61. The zero-order valence-corrected chi connectivity index (χ0v) is 11.2. The van der Waals surface area contributed by atoms with E-state index in [4.69, 9.17) is 5.26 Å². The zero-order chi connectivity index (χ0) is 14.8. The van der Waals surface area contributed by atoms with Crippen molar-refractivity contribution in [3.05, 3.63) is 40.6 Å². The molecule has 3 rings (SSSR count). The van der Waals surface area contributed by atoms with Gasteiger partial charge >= 0.3 is 0 Å². The zero-order valence-electron chi connectivity index (χ0n) is 11.2. The molecular weight excluding hydrogens is 264 g/mol. The second-order valence-corrected chi connectivity index (χ2v) is 4.82. The van der Waals surface area contributed by atoms with Crippen LogP contribution in [0, 0.1) is 34.0 Å². The van der Waals surface area contributed by atoms with E-state index >= 15 is 0 Å². The highest BCUT2D eigenvalue weighted by atomic mass is 15.1. The molecule has 2 aromatic heterocycles. The van der Waals surface area contributed by atoms with E-state index in [1.165, 1.54) is 10.9 Å². The molecular formula is C15H10N6. The maximum atomic E-state index is 9.34. The predicted molar refractivity (Wildman–Crippen MR) is 72.1 cm³/mol. The Kier molecular flexibility index (Phi) is 3.10. The van der Waals surface area contributed by atoms with Gasteiger partial charge in [0.05, 0.1) is 5.56 Å². The Morgan fingerprint density at radius 2 is 1.86 bits per heavy atom. The third-order valence-electron chi connectivity index (χ3n) is 3.61. The van der Waals surface area contributed by atoms with E-state index in [1.807, 2.05) is 18.2 Å². The summed E-state index contributed by atoms with van der Waals surface area (Å²) in [5, 5.41) is 27.5. The van der Waals surface area contributed by atoms with Gasteiger partial charge in [-0.2, -0.15) is 15.8 Å². The van der Waals surface area contributed by atoms with E-state index in [0.717, 1.165) is 36.9 Å². The van der Waals surface area contributed by atoms with Gasteiger partial charge in [0, 0.05) is 5.69 Å². The number of imidazole rings is 1. The number of hydrogen-bond donors (Lipinski definition) is 0. The quantitative estimate of drug-likeness (QED) is 0.788. The first-order valence-corrected chi connectivity index (χ1v) is 6.59. The highest BCUT2D eigenvalue weighted by Crippen LogP contribution is 2.24. The topological polar surface area (TPSA) is 102 Å². The molecule has 6 nitrogen and oxygen atoms in total. The molecule has 0 spiro atoms. The van der Waals surface area contributed by atoms with Crippen LogP contribution in [0.2, 0.25) is 0 Å². The van der Waals surface area contributed by atoms with Gasteiger partial charge in [0.2, 0.25) is 0 Å². The van der Waals surface area contributed by atoms with Crippen LogP contribution in [0.1, 0.15) is 41.1 Å². The molecule has 0 unspecified atom stereocenters. The summed E-state index contributed by atoms with van der Waals surface area (Å²) in [6, 6.07) is 7.78. The molecule has 6 heteroatoms. The Morgan fingerprint density at radius 3 is 2.57 bits per heavy atom. The van der Waals surface area contributed by atoms with Crippen LogP contribution in [0.25, 0.3) is 5.82 Å². The minimum absolute atomic E-state index is 0.0425. The molecule has 0 saturated heterocycles. The van der Waals surface area contributed by atoms with E-state index in [9.17, 15) is 10.5 Å². The number of aryl methyl sites for hydroxylation is 2. The van der Waals surface area contributed by atoms with E-state index in [-0.39, 0.29) is 11.4 Å². The fourth-order valence-corrected chi connectivity index (χ4v) is 2.59. The van der Waals surface area contributed by atoms with Gasteiger partial charge < -0.3 is 0 Å². The van der Waals surface area contributed by atoms with Gasteiger partial charge in [-0.05, 0) is 37.3 Å². The van der Waals surface area contributed by atoms with E-state index in [1.54, 1.807) is 0 Å². The Morgan fingerprint density at radius 1 is 1.05 bits per heavy atom. The fraction of sp³-hybridized carbons (Fsp3) is 0.267. The normalized spacial score (nSPS) is 12.8. The molecule has 0 radical (unpaired) electrons. The van der Waals surface area contributed by atoms with Gasteiger partial charge in [0.25, 0.3) is 0 Å². The van der Waals surface area contributed by atoms with Crippen LogP contribution in [-0.2, 0) is 12.8 Å². The summed E-state index contributed by atoms with van der Waals surface area (Å²) in [5.74, 6) is 0.378. The molecule has 0 amide bonds. The number of hydrogen-bond acceptors (Lipinski definition) is 5. The first-order chi connectivity index (χ1) is 10.3. The number of nitriles is 3. The van der Waals surface area contributed by atoms with Crippen LogP contribution in [0.4, 0.5) is 0 Å². The van der Waals surface area contributed by atoms with Crippen molar-refractivity contribution in [2.24, 2.45) is 0 Å². The molecule has 0 bridgehead atoms. The molecule has 1 aliphatic carbocycles. The highest BCUT2D eigenvalue weighted by Gasteiger charge is 2.19. The number of rotatable bonds is 1. The van der Waals surface area contributed by atoms with Crippen molar-refractivity contribution in [3.8, 4) is 24.0 Å². The lowest BCUT2D eigenvalue weighted by Crippen LogP contribution is -2.11. The first kappa shape index (κ1) is 12.8. The van der Waals surface area contributed by atoms with Crippen molar-refractivity contribution in [2.75, 3.05) is 0 Å². The van der Waals surface area contributed by atoms with Gasteiger partial charge in [0.1, 0.15) is 24.5 Å². The summed E-state index contributed by atoms with van der Waals surface area (Å²) in [6.45, 7) is 0. The summed E-state index contributed by atoms with van der Waals surface area (Å²) >= 11 is 0. The largest absolute Gasteiger partial charge is 0.272 e. The van der Waals surface area contributed by atoms with Crippen molar-refractivity contribution < 1.29 is 0 Å². The Balaban J connectivity index is 2.24. The SMILES string of the molecule is N#Cc1cc2c(nc1-n1cnc(C#N)c1C#N)CCCC2. The molecule has 1 aliphatic rings. The Bertz CT molecular complexity index is 841. The number of aromatic nitrogens is 3. The third-order valence-corrected chi connectivity index (χ3v) is 3.61. The van der Waals surface area contributed by atoms with Gasteiger partial charge in [-0.3, -0.25) is 4.57 Å². The van der Waals surface area contributed by atoms with Crippen LogP contribution in [0.3, 0.4) is 0 Å². The lowest BCUT2D eigenvalue weighted by molar-refractivity contribution is 0.664. The van der Waals surface area contributed by atoms with Crippen molar-refractivity contribution >= 4 is 0 Å². The molecule has 0 saturated carbocycles. The maximum Gasteiger partial charge on any atom is 0.177 e. The Hall–Kier alpha value is -3.17. The number of pyridine rings is 1. The van der Waals surface area contributed by atoms with Crippen LogP contribution >= 0.6 is 0 Å². The van der Waals surface area contributed by atoms with E-state index < -0.39 is 0 Å². The van der Waals surface area contributed by atoms with Crippen molar-refractivity contribution in [2.45, 2.75) is 25.7 Å². The van der Waals surface area contributed by atoms with E-state index in [2.05, 4.69) is 16.0 Å². The predicted octanol–water partition coefficient (Wildman–Crippen LogP) is 1.76. The Labute approximate surface area is 121 Å². The number of fused-ring (bicyclic) bond motifs is 1. The van der Waals surface area contributed by atoms with Gasteiger partial charge in [0.15, 0.2) is 17.2 Å². The molecule has 0 aliphatic heterocycles. The van der Waals surface area contributed by atoms with Crippen LogP contribution < -0.4 is 0 Å². The van der Waals surface area contributed by atoms with Gasteiger partial charge in [-0.15, -0.1) is 0 Å². The van der Waals surface area contributed by atoms with Gasteiger partial charge in [-0.25, -0.2) is 9.97 Å². The minimum atomic E-state index is 0.0425. The summed E-state index contributed by atoms with van der Waals surface area (Å²) in [6.07, 6.45) is 5.34. The summed E-state index contributed by atoms with van der Waals surface area (Å²) < 4.78 is 1.42. The van der Waals surface area contributed by atoms with E-state index in [0.29, 0.717) is 11.4 Å². The molecule has 2 aromatic rings. The fourth-order valence-electron chi connectivity index (χ4n) is 2.59. The lowest BCUT2D eigenvalue weighted by atomic mass is 9.95. The van der Waals surface area contributed by atoms with Crippen LogP contribution in [0.15, 0.2) is 12.4 Å². The molecule has 0 aromatic carbocycles. The molecule has 2 heterocycles. The molecule has 21 heavy (non-hydrogen) atoms. The minimum Gasteiger partial charge on any atom is -0.272 e. The van der Waals surface area contributed by atoms with Crippen molar-refractivity contribution in [3.63, 3.8) is 0 Å². The second kappa shape index (κ2) is 5.07.